The van der Waals surface area contributed by atoms with Crippen LogP contribution in [0.4, 0.5) is 4.39 Å². The molecule has 3 nitrogen and oxygen atoms in total. The number of carbonyl (C=O) groups excluding carboxylic acids is 1. The molecule has 0 amide bonds. The molecular formula is C10H10FNO2. The fourth-order valence-corrected chi connectivity index (χ4v) is 1.09. The molecule has 1 aromatic carbocycles. The number of isocyanates is 1. The van der Waals surface area contributed by atoms with E-state index in [0.29, 0.717) is 11.1 Å². The smallest absolute Gasteiger partial charge is 0.235 e. The minimum absolute atomic E-state index is 0.160. The molecular weight excluding hydrogens is 185 g/mol. The van der Waals surface area contributed by atoms with E-state index in [-0.39, 0.29) is 19.0 Å². The van der Waals surface area contributed by atoms with E-state index in [1.165, 1.54) is 19.3 Å². The third-order valence-corrected chi connectivity index (χ3v) is 1.74. The van der Waals surface area contributed by atoms with Gasteiger partial charge < -0.3 is 4.74 Å². The third kappa shape index (κ3) is 2.76. The van der Waals surface area contributed by atoms with Crippen LogP contribution in [-0.2, 0) is 22.7 Å². The maximum atomic E-state index is 13.2. The zero-order valence-corrected chi connectivity index (χ0v) is 7.79. The second-order valence-corrected chi connectivity index (χ2v) is 2.77. The lowest BCUT2D eigenvalue weighted by Gasteiger charge is -2.02. The number of hydrogen-bond acceptors (Lipinski definition) is 3. The number of aliphatic imine (C=N–C) groups is 1. The first-order chi connectivity index (χ1) is 6.77. The second kappa shape index (κ2) is 5.27. The molecule has 0 fully saturated rings. The number of halogens is 1. The SMILES string of the molecule is COCc1ccc(CN=C=O)cc1F. The van der Waals surface area contributed by atoms with Gasteiger partial charge in [0.2, 0.25) is 6.08 Å². The third-order valence-electron chi connectivity index (χ3n) is 1.74. The standard InChI is InChI=1S/C10H10FNO2/c1-14-6-9-3-2-8(4-10(9)11)5-12-7-13/h2-4H,5-6H2,1H3. The normalized spacial score (nSPS) is 9.57. The van der Waals surface area contributed by atoms with Crippen molar-refractivity contribution < 1.29 is 13.9 Å². The van der Waals surface area contributed by atoms with Gasteiger partial charge in [0.05, 0.1) is 13.2 Å². The van der Waals surface area contributed by atoms with Crippen molar-refractivity contribution in [1.82, 2.24) is 0 Å². The van der Waals surface area contributed by atoms with Gasteiger partial charge in [-0.15, -0.1) is 0 Å². The van der Waals surface area contributed by atoms with Crippen molar-refractivity contribution in [3.63, 3.8) is 0 Å². The van der Waals surface area contributed by atoms with Gasteiger partial charge in [-0.2, -0.15) is 0 Å². The molecule has 1 aromatic rings. The Morgan fingerprint density at radius 3 is 2.93 bits per heavy atom. The predicted molar refractivity (Wildman–Crippen MR) is 48.9 cm³/mol. The van der Waals surface area contributed by atoms with E-state index in [0.717, 1.165) is 0 Å². The molecule has 0 spiro atoms. The van der Waals surface area contributed by atoms with E-state index in [4.69, 9.17) is 4.74 Å². The fraction of sp³-hybridized carbons (Fsp3) is 0.300. The Morgan fingerprint density at radius 2 is 2.36 bits per heavy atom. The molecule has 0 N–H and O–H groups in total. The van der Waals surface area contributed by atoms with Crippen molar-refractivity contribution in [2.24, 2.45) is 4.99 Å². The van der Waals surface area contributed by atoms with E-state index in [1.54, 1.807) is 12.1 Å². The topological polar surface area (TPSA) is 38.7 Å². The Balaban J connectivity index is 2.82. The molecule has 0 unspecified atom stereocenters. The summed E-state index contributed by atoms with van der Waals surface area (Å²) in [6.07, 6.45) is 1.40. The van der Waals surface area contributed by atoms with Crippen molar-refractivity contribution in [3.05, 3.63) is 35.1 Å². The Bertz CT molecular complexity index is 359. The predicted octanol–water partition coefficient (Wildman–Crippen LogP) is 1.81. The molecule has 14 heavy (non-hydrogen) atoms. The van der Waals surface area contributed by atoms with Gasteiger partial charge in [-0.3, -0.25) is 0 Å². The summed E-state index contributed by atoms with van der Waals surface area (Å²) in [6.45, 7) is 0.400. The molecule has 0 saturated carbocycles. The second-order valence-electron chi connectivity index (χ2n) is 2.77. The summed E-state index contributed by atoms with van der Waals surface area (Å²) >= 11 is 0. The van der Waals surface area contributed by atoms with Crippen molar-refractivity contribution in [3.8, 4) is 0 Å². The highest BCUT2D eigenvalue weighted by Crippen LogP contribution is 2.11. The van der Waals surface area contributed by atoms with Crippen LogP contribution in [-0.4, -0.2) is 13.2 Å². The minimum atomic E-state index is -0.342. The Kier molecular flexibility index (Phi) is 3.98. The molecule has 0 aromatic heterocycles. The highest BCUT2D eigenvalue weighted by molar-refractivity contribution is 5.34. The monoisotopic (exact) mass is 195 g/mol. The van der Waals surface area contributed by atoms with Crippen LogP contribution in [0.1, 0.15) is 11.1 Å². The molecule has 74 valence electrons. The molecule has 4 heteroatoms. The van der Waals surface area contributed by atoms with Crippen molar-refractivity contribution in [2.75, 3.05) is 7.11 Å². The molecule has 0 aliphatic heterocycles. The van der Waals surface area contributed by atoms with E-state index in [9.17, 15) is 9.18 Å². The van der Waals surface area contributed by atoms with E-state index >= 15 is 0 Å². The average Bonchev–Trinajstić information content (AvgIpc) is 2.19. The van der Waals surface area contributed by atoms with Crippen molar-refractivity contribution >= 4 is 6.08 Å². The summed E-state index contributed by atoms with van der Waals surface area (Å²) in [4.78, 5) is 13.2. The van der Waals surface area contributed by atoms with Crippen LogP contribution in [0.25, 0.3) is 0 Å². The Hall–Kier alpha value is -1.51. The maximum Gasteiger partial charge on any atom is 0.235 e. The molecule has 0 bridgehead atoms. The zero-order chi connectivity index (χ0) is 10.4. The number of rotatable bonds is 4. The molecule has 0 atom stereocenters. The minimum Gasteiger partial charge on any atom is -0.380 e. The summed E-state index contributed by atoms with van der Waals surface area (Å²) in [5.41, 5.74) is 1.14. The lowest BCUT2D eigenvalue weighted by atomic mass is 10.1. The first-order valence-corrected chi connectivity index (χ1v) is 4.08. The Labute approximate surface area is 81.2 Å². The summed E-state index contributed by atoms with van der Waals surface area (Å²) < 4.78 is 18.0. The van der Waals surface area contributed by atoms with Gasteiger partial charge in [-0.25, -0.2) is 14.2 Å². The average molecular weight is 195 g/mol. The summed E-state index contributed by atoms with van der Waals surface area (Å²) in [7, 11) is 1.50. The van der Waals surface area contributed by atoms with Gasteiger partial charge in [-0.1, -0.05) is 12.1 Å². The summed E-state index contributed by atoms with van der Waals surface area (Å²) in [6, 6.07) is 4.67. The molecule has 0 aliphatic carbocycles. The summed E-state index contributed by atoms with van der Waals surface area (Å²) in [5, 5.41) is 0. The van der Waals surface area contributed by atoms with Gasteiger partial charge in [0.15, 0.2) is 0 Å². The van der Waals surface area contributed by atoms with Crippen LogP contribution in [0, 0.1) is 5.82 Å². The fourth-order valence-electron chi connectivity index (χ4n) is 1.09. The molecule has 1 rings (SSSR count). The van der Waals surface area contributed by atoms with Crippen LogP contribution in [0.3, 0.4) is 0 Å². The van der Waals surface area contributed by atoms with Crippen molar-refractivity contribution in [2.45, 2.75) is 13.2 Å². The number of methoxy groups -OCH3 is 1. The first kappa shape index (κ1) is 10.6. The molecule has 0 heterocycles. The quantitative estimate of drug-likeness (QED) is 0.542. The van der Waals surface area contributed by atoms with Gasteiger partial charge in [0, 0.05) is 12.7 Å². The van der Waals surface area contributed by atoms with E-state index < -0.39 is 0 Å². The van der Waals surface area contributed by atoms with E-state index in [1.807, 2.05) is 0 Å². The van der Waals surface area contributed by atoms with Gasteiger partial charge in [-0.05, 0) is 11.6 Å². The lowest BCUT2D eigenvalue weighted by molar-refractivity contribution is 0.181. The van der Waals surface area contributed by atoms with Crippen LogP contribution in [0.5, 0.6) is 0 Å². The van der Waals surface area contributed by atoms with Gasteiger partial charge >= 0.3 is 0 Å². The Morgan fingerprint density at radius 1 is 1.57 bits per heavy atom. The van der Waals surface area contributed by atoms with Crippen LogP contribution >= 0.6 is 0 Å². The van der Waals surface area contributed by atoms with Crippen LogP contribution in [0.15, 0.2) is 23.2 Å². The van der Waals surface area contributed by atoms with Crippen LogP contribution < -0.4 is 0 Å². The number of ether oxygens (including phenoxy) is 1. The highest BCUT2D eigenvalue weighted by Gasteiger charge is 2.02. The van der Waals surface area contributed by atoms with Gasteiger partial charge in [0.1, 0.15) is 5.82 Å². The molecule has 0 aliphatic rings. The van der Waals surface area contributed by atoms with Crippen molar-refractivity contribution in [1.29, 1.82) is 0 Å². The maximum absolute atomic E-state index is 13.2. The van der Waals surface area contributed by atoms with E-state index in [2.05, 4.69) is 4.99 Å². The first-order valence-electron chi connectivity index (χ1n) is 4.08. The number of benzene rings is 1. The molecule has 0 radical (unpaired) electrons. The number of hydrogen-bond donors (Lipinski definition) is 0. The summed E-state index contributed by atoms with van der Waals surface area (Å²) in [5.74, 6) is -0.342. The zero-order valence-electron chi connectivity index (χ0n) is 7.79. The number of nitrogens with zero attached hydrogens (tertiary/aromatic N) is 1. The van der Waals surface area contributed by atoms with Gasteiger partial charge in [0.25, 0.3) is 0 Å². The lowest BCUT2D eigenvalue weighted by Crippen LogP contribution is -1.94. The molecule has 0 saturated heterocycles. The van der Waals surface area contributed by atoms with Crippen LogP contribution in [0.2, 0.25) is 0 Å². The highest BCUT2D eigenvalue weighted by atomic mass is 19.1. The largest absolute Gasteiger partial charge is 0.380 e.